The molecule has 0 aliphatic heterocycles. The summed E-state index contributed by atoms with van der Waals surface area (Å²) in [6.07, 6.45) is 0. The molecule has 0 N–H and O–H groups in total. The van der Waals surface area contributed by atoms with Crippen molar-refractivity contribution in [1.82, 2.24) is 15.0 Å². The Hall–Kier alpha value is -8.21. The summed E-state index contributed by atoms with van der Waals surface area (Å²) in [4.78, 5) is 15.5. The smallest absolute Gasteiger partial charge is 0.164 e. The summed E-state index contributed by atoms with van der Waals surface area (Å²) in [7, 11) is 0. The van der Waals surface area contributed by atoms with Crippen LogP contribution in [0.1, 0.15) is 25.0 Å². The molecule has 64 heavy (non-hydrogen) atoms. The second-order valence-electron chi connectivity index (χ2n) is 17.2. The highest BCUT2D eigenvalue weighted by Crippen LogP contribution is 2.49. The Bertz CT molecular complexity index is 3430. The summed E-state index contributed by atoms with van der Waals surface area (Å²) in [6.45, 7) is 4.67. The van der Waals surface area contributed by atoms with Crippen molar-refractivity contribution in [1.29, 1.82) is 0 Å². The quantitative estimate of drug-likeness (QED) is 0.161. The summed E-state index contributed by atoms with van der Waals surface area (Å²) in [5, 5.41) is 1.98. The van der Waals surface area contributed by atoms with E-state index in [0.29, 0.717) is 17.5 Å². The van der Waals surface area contributed by atoms with Crippen LogP contribution in [0.2, 0.25) is 0 Å². The molecular formula is C60H41N3O. The van der Waals surface area contributed by atoms with E-state index in [-0.39, 0.29) is 5.41 Å². The molecule has 0 unspecified atom stereocenters. The van der Waals surface area contributed by atoms with E-state index in [1.54, 1.807) is 0 Å². The van der Waals surface area contributed by atoms with E-state index in [4.69, 9.17) is 19.4 Å². The van der Waals surface area contributed by atoms with Crippen LogP contribution in [0.25, 0.3) is 112 Å². The van der Waals surface area contributed by atoms with E-state index >= 15 is 0 Å². The summed E-state index contributed by atoms with van der Waals surface area (Å²) >= 11 is 0. The van der Waals surface area contributed by atoms with Gasteiger partial charge in [0.1, 0.15) is 11.2 Å². The van der Waals surface area contributed by atoms with Crippen LogP contribution in [0.3, 0.4) is 0 Å². The van der Waals surface area contributed by atoms with Crippen molar-refractivity contribution >= 4 is 21.9 Å². The van der Waals surface area contributed by atoms with Gasteiger partial charge >= 0.3 is 0 Å². The second kappa shape index (κ2) is 15.0. The van der Waals surface area contributed by atoms with E-state index in [1.165, 1.54) is 33.4 Å². The third-order valence-electron chi connectivity index (χ3n) is 13.0. The van der Waals surface area contributed by atoms with Crippen molar-refractivity contribution in [2.24, 2.45) is 0 Å². The van der Waals surface area contributed by atoms with Gasteiger partial charge in [-0.1, -0.05) is 202 Å². The number of fused-ring (bicyclic) bond motifs is 6. The Morgan fingerprint density at radius 3 is 1.36 bits per heavy atom. The number of nitrogens with zero attached hydrogens (tertiary/aromatic N) is 3. The van der Waals surface area contributed by atoms with Crippen molar-refractivity contribution in [3.63, 3.8) is 0 Å². The summed E-state index contributed by atoms with van der Waals surface area (Å²) < 4.78 is 6.53. The molecule has 2 aromatic heterocycles. The minimum Gasteiger partial charge on any atom is -0.456 e. The Balaban J connectivity index is 0.934. The van der Waals surface area contributed by atoms with Crippen LogP contribution in [0.15, 0.2) is 217 Å². The molecule has 4 nitrogen and oxygen atoms in total. The number of rotatable bonds is 7. The molecule has 11 aromatic rings. The molecular weight excluding hydrogens is 779 g/mol. The van der Waals surface area contributed by atoms with Crippen molar-refractivity contribution in [3.8, 4) is 89.8 Å². The van der Waals surface area contributed by atoms with Crippen molar-refractivity contribution in [2.75, 3.05) is 0 Å². The van der Waals surface area contributed by atoms with Gasteiger partial charge in [-0.15, -0.1) is 0 Å². The van der Waals surface area contributed by atoms with Crippen LogP contribution in [-0.2, 0) is 5.41 Å². The van der Waals surface area contributed by atoms with Gasteiger partial charge in [-0.05, 0) is 91.0 Å². The van der Waals surface area contributed by atoms with Gasteiger partial charge in [0.05, 0.1) is 0 Å². The average molecular weight is 820 g/mol. The topological polar surface area (TPSA) is 51.8 Å². The number of hydrogen-bond donors (Lipinski definition) is 0. The Labute approximate surface area is 372 Å². The first-order chi connectivity index (χ1) is 31.4. The molecule has 12 rings (SSSR count). The summed E-state index contributed by atoms with van der Waals surface area (Å²) in [5.74, 6) is 1.80. The maximum Gasteiger partial charge on any atom is 0.164 e. The molecule has 0 spiro atoms. The lowest BCUT2D eigenvalue weighted by Crippen LogP contribution is -2.14. The molecule has 0 saturated heterocycles. The molecule has 2 heterocycles. The van der Waals surface area contributed by atoms with E-state index in [1.807, 2.05) is 24.3 Å². The van der Waals surface area contributed by atoms with Crippen LogP contribution in [0.5, 0.6) is 0 Å². The first-order valence-corrected chi connectivity index (χ1v) is 21.8. The van der Waals surface area contributed by atoms with Gasteiger partial charge in [0, 0.05) is 32.9 Å². The fourth-order valence-corrected chi connectivity index (χ4v) is 9.57. The maximum atomic E-state index is 6.53. The van der Waals surface area contributed by atoms with Gasteiger partial charge < -0.3 is 4.42 Å². The molecule has 0 amide bonds. The van der Waals surface area contributed by atoms with Crippen molar-refractivity contribution < 1.29 is 4.42 Å². The molecule has 4 heteroatoms. The fraction of sp³-hybridized carbons (Fsp3) is 0.0500. The number of furan rings is 1. The van der Waals surface area contributed by atoms with Gasteiger partial charge in [-0.2, -0.15) is 0 Å². The zero-order valence-electron chi connectivity index (χ0n) is 35.5. The Morgan fingerprint density at radius 1 is 0.312 bits per heavy atom. The molecule has 1 aliphatic carbocycles. The third-order valence-corrected chi connectivity index (χ3v) is 13.0. The van der Waals surface area contributed by atoms with Crippen molar-refractivity contribution in [3.05, 3.63) is 223 Å². The third kappa shape index (κ3) is 6.42. The maximum absolute atomic E-state index is 6.53. The molecule has 302 valence electrons. The predicted octanol–water partition coefficient (Wildman–Crippen LogP) is 15.7. The van der Waals surface area contributed by atoms with Crippen LogP contribution >= 0.6 is 0 Å². The second-order valence-corrected chi connectivity index (χ2v) is 17.2. The molecule has 9 aromatic carbocycles. The summed E-state index contributed by atoms with van der Waals surface area (Å²) in [5.41, 5.74) is 18.9. The van der Waals surface area contributed by atoms with E-state index in [9.17, 15) is 0 Å². The number of hydrogen-bond acceptors (Lipinski definition) is 4. The SMILES string of the molecule is CC1(C)c2ccccc2-c2ccc(-c3ccc(-c4ccc5oc6cccc(-c7nc(-c8ccc(-c9ccccc9)cc8)nc(-c8ccc(-c9ccccc9)cc8)n7)c6c5c4)cc3)cc21. The van der Waals surface area contributed by atoms with Crippen molar-refractivity contribution in [2.45, 2.75) is 19.3 Å². The van der Waals surface area contributed by atoms with Gasteiger partial charge in [-0.25, -0.2) is 15.0 Å². The molecule has 0 atom stereocenters. The highest BCUT2D eigenvalue weighted by atomic mass is 16.3. The lowest BCUT2D eigenvalue weighted by Gasteiger charge is -2.22. The molecule has 0 saturated carbocycles. The number of aromatic nitrogens is 3. The van der Waals surface area contributed by atoms with Crippen LogP contribution in [0, 0.1) is 0 Å². The standard InChI is InChI=1S/C60H41N3O/c1-60(2)52-18-10-9-16-48(52)49-34-32-47(37-53(49)60)43-22-20-42(21-23-43)46-33-35-54-51(36-46)56-50(17-11-19-55(56)64-54)59-62-57(44-28-24-40(25-29-44)38-12-5-3-6-13-38)61-58(63-59)45-30-26-41(27-31-45)39-14-7-4-8-15-39/h3-37H,1-2H3. The van der Waals surface area contributed by atoms with E-state index < -0.39 is 0 Å². The summed E-state index contributed by atoms with van der Waals surface area (Å²) in [6, 6.07) is 75.0. The normalized spacial score (nSPS) is 12.7. The molecule has 1 aliphatic rings. The highest BCUT2D eigenvalue weighted by Gasteiger charge is 2.35. The van der Waals surface area contributed by atoms with Gasteiger partial charge in [0.2, 0.25) is 0 Å². The zero-order chi connectivity index (χ0) is 42.8. The van der Waals surface area contributed by atoms with Crippen LogP contribution in [-0.4, -0.2) is 15.0 Å². The van der Waals surface area contributed by atoms with Crippen LogP contribution < -0.4 is 0 Å². The minimum absolute atomic E-state index is 0.0454. The Morgan fingerprint density at radius 2 is 0.750 bits per heavy atom. The Kier molecular flexibility index (Phi) is 8.80. The minimum atomic E-state index is -0.0454. The average Bonchev–Trinajstić information content (AvgIpc) is 3.85. The zero-order valence-corrected chi connectivity index (χ0v) is 35.5. The molecule has 0 fully saturated rings. The van der Waals surface area contributed by atoms with Gasteiger partial charge in [-0.3, -0.25) is 0 Å². The van der Waals surface area contributed by atoms with Gasteiger partial charge in [0.25, 0.3) is 0 Å². The highest BCUT2D eigenvalue weighted by molar-refractivity contribution is 6.12. The van der Waals surface area contributed by atoms with E-state index in [0.717, 1.165) is 72.0 Å². The largest absolute Gasteiger partial charge is 0.456 e. The lowest BCUT2D eigenvalue weighted by atomic mass is 9.81. The van der Waals surface area contributed by atoms with Gasteiger partial charge in [0.15, 0.2) is 17.5 Å². The van der Waals surface area contributed by atoms with E-state index in [2.05, 4.69) is 202 Å². The first-order valence-electron chi connectivity index (χ1n) is 21.8. The monoisotopic (exact) mass is 819 g/mol. The molecule has 0 radical (unpaired) electrons. The molecule has 0 bridgehead atoms. The first kappa shape index (κ1) is 37.5. The lowest BCUT2D eigenvalue weighted by molar-refractivity contribution is 0.660. The number of benzene rings is 9. The van der Waals surface area contributed by atoms with Crippen LogP contribution in [0.4, 0.5) is 0 Å². The predicted molar refractivity (Wildman–Crippen MR) is 263 cm³/mol. The fourth-order valence-electron chi connectivity index (χ4n) is 9.57.